The zero-order chi connectivity index (χ0) is 15.5. The lowest BCUT2D eigenvalue weighted by Crippen LogP contribution is -2.48. The first kappa shape index (κ1) is 18.2. The van der Waals surface area contributed by atoms with Crippen LogP contribution in [0.15, 0.2) is 24.3 Å². The van der Waals surface area contributed by atoms with E-state index in [2.05, 4.69) is 5.32 Å². The van der Waals surface area contributed by atoms with Crippen LogP contribution in [0.3, 0.4) is 0 Å². The van der Waals surface area contributed by atoms with Gasteiger partial charge < -0.3 is 15.0 Å². The Kier molecular flexibility index (Phi) is 6.39. The number of rotatable bonds is 5. The highest BCUT2D eigenvalue weighted by molar-refractivity contribution is 5.85. The Morgan fingerprint density at radius 1 is 1.30 bits per heavy atom. The molecule has 0 spiro atoms. The molecule has 0 aromatic heterocycles. The Hall–Kier alpha value is -1.17. The molecule has 2 aliphatic rings. The van der Waals surface area contributed by atoms with Gasteiger partial charge in [-0.1, -0.05) is 12.1 Å². The molecule has 0 radical (unpaired) electrons. The number of benzene rings is 1. The van der Waals surface area contributed by atoms with Gasteiger partial charge in [0.05, 0.1) is 19.2 Å². The number of nitrogens with one attached hydrogen (secondary N) is 1. The summed E-state index contributed by atoms with van der Waals surface area (Å²) in [6.07, 6.45) is 2.36. The van der Waals surface area contributed by atoms with E-state index in [0.29, 0.717) is 19.6 Å². The average molecular weight is 343 g/mol. The molecule has 1 aromatic carbocycles. The van der Waals surface area contributed by atoms with Gasteiger partial charge in [-0.15, -0.1) is 12.4 Å². The zero-order valence-electron chi connectivity index (χ0n) is 13.3. The molecule has 1 aromatic rings. The first-order valence-corrected chi connectivity index (χ1v) is 8.01. The van der Waals surface area contributed by atoms with Crippen LogP contribution < -0.4 is 5.32 Å². The zero-order valence-corrected chi connectivity index (χ0v) is 14.2. The number of carbonyl (C=O) groups excluding carboxylic acids is 1. The third-order valence-corrected chi connectivity index (χ3v) is 4.26. The number of nitrogens with zero attached hydrogens (tertiary/aromatic N) is 1. The van der Waals surface area contributed by atoms with E-state index >= 15 is 0 Å². The van der Waals surface area contributed by atoms with Crippen LogP contribution in [0.25, 0.3) is 0 Å². The van der Waals surface area contributed by atoms with E-state index < -0.39 is 0 Å². The van der Waals surface area contributed by atoms with Gasteiger partial charge in [0.1, 0.15) is 11.9 Å². The van der Waals surface area contributed by atoms with E-state index in [-0.39, 0.29) is 36.3 Å². The highest BCUT2D eigenvalue weighted by atomic mass is 35.5. The Morgan fingerprint density at radius 2 is 2.00 bits per heavy atom. The number of ether oxygens (including phenoxy) is 1. The van der Waals surface area contributed by atoms with Crippen molar-refractivity contribution < 1.29 is 13.9 Å². The Bertz CT molecular complexity index is 522. The molecule has 1 saturated heterocycles. The fourth-order valence-corrected chi connectivity index (χ4v) is 2.83. The van der Waals surface area contributed by atoms with Crippen LogP contribution in [-0.4, -0.2) is 43.1 Å². The second kappa shape index (κ2) is 8.08. The van der Waals surface area contributed by atoms with Crippen molar-refractivity contribution in [3.63, 3.8) is 0 Å². The minimum atomic E-state index is -0.259. The molecule has 1 aliphatic heterocycles. The molecule has 1 N–H and O–H groups in total. The minimum absolute atomic E-state index is 0. The van der Waals surface area contributed by atoms with Crippen molar-refractivity contribution in [2.45, 2.75) is 32.0 Å². The number of morpholine rings is 1. The van der Waals surface area contributed by atoms with Crippen LogP contribution in [0.5, 0.6) is 0 Å². The van der Waals surface area contributed by atoms with Crippen LogP contribution in [-0.2, 0) is 9.53 Å². The molecule has 1 saturated carbocycles. The summed E-state index contributed by atoms with van der Waals surface area (Å²) in [5.41, 5.74) is 0.914. The summed E-state index contributed by atoms with van der Waals surface area (Å²) in [5, 5.41) is 3.24. The standard InChI is InChI=1S/C17H23FN2O2.ClH/c1-12-10-20(17(21)9-19-8-13-2-3-13)11-16(22-12)14-4-6-15(18)7-5-14;/h4-7,12-13,16,19H,2-3,8-11H2,1H3;1H. The van der Waals surface area contributed by atoms with Crippen LogP contribution in [0, 0.1) is 11.7 Å². The average Bonchev–Trinajstić information content (AvgIpc) is 3.31. The van der Waals surface area contributed by atoms with Gasteiger partial charge in [0.15, 0.2) is 0 Å². The van der Waals surface area contributed by atoms with E-state index in [0.717, 1.165) is 18.0 Å². The monoisotopic (exact) mass is 342 g/mol. The first-order valence-electron chi connectivity index (χ1n) is 8.01. The van der Waals surface area contributed by atoms with E-state index in [4.69, 9.17) is 4.74 Å². The summed E-state index contributed by atoms with van der Waals surface area (Å²) in [4.78, 5) is 14.2. The Balaban J connectivity index is 0.00000192. The van der Waals surface area contributed by atoms with Crippen molar-refractivity contribution in [3.8, 4) is 0 Å². The normalized spacial score (nSPS) is 24.2. The van der Waals surface area contributed by atoms with Crippen molar-refractivity contribution in [1.82, 2.24) is 10.2 Å². The summed E-state index contributed by atoms with van der Waals surface area (Å²) < 4.78 is 18.9. The Morgan fingerprint density at radius 3 is 2.65 bits per heavy atom. The quantitative estimate of drug-likeness (QED) is 0.894. The second-order valence-electron chi connectivity index (χ2n) is 6.36. The van der Waals surface area contributed by atoms with Gasteiger partial charge in [0.2, 0.25) is 5.91 Å². The van der Waals surface area contributed by atoms with Gasteiger partial charge >= 0.3 is 0 Å². The molecule has 0 bridgehead atoms. The van der Waals surface area contributed by atoms with Gasteiger partial charge in [0, 0.05) is 6.54 Å². The number of hydrogen-bond donors (Lipinski definition) is 1. The van der Waals surface area contributed by atoms with E-state index in [1.807, 2.05) is 11.8 Å². The fraction of sp³-hybridized carbons (Fsp3) is 0.588. The van der Waals surface area contributed by atoms with Crippen LogP contribution in [0.4, 0.5) is 4.39 Å². The number of amides is 1. The van der Waals surface area contributed by atoms with Crippen molar-refractivity contribution in [3.05, 3.63) is 35.6 Å². The number of halogens is 2. The molecular formula is C17H24ClFN2O2. The molecular weight excluding hydrogens is 319 g/mol. The van der Waals surface area contributed by atoms with Gasteiger partial charge in [0.25, 0.3) is 0 Å². The fourth-order valence-electron chi connectivity index (χ4n) is 2.83. The maximum absolute atomic E-state index is 13.0. The van der Waals surface area contributed by atoms with Gasteiger partial charge in [-0.05, 0) is 49.9 Å². The van der Waals surface area contributed by atoms with Gasteiger partial charge in [-0.3, -0.25) is 4.79 Å². The molecule has 128 valence electrons. The van der Waals surface area contributed by atoms with Gasteiger partial charge in [-0.2, -0.15) is 0 Å². The lowest BCUT2D eigenvalue weighted by atomic mass is 10.1. The summed E-state index contributed by atoms with van der Waals surface area (Å²) in [6, 6.07) is 6.32. The summed E-state index contributed by atoms with van der Waals surface area (Å²) in [5.74, 6) is 0.621. The predicted molar refractivity (Wildman–Crippen MR) is 89.1 cm³/mol. The molecule has 2 fully saturated rings. The summed E-state index contributed by atoms with van der Waals surface area (Å²) >= 11 is 0. The third-order valence-electron chi connectivity index (χ3n) is 4.26. The highest BCUT2D eigenvalue weighted by Crippen LogP contribution is 2.28. The number of hydrogen-bond acceptors (Lipinski definition) is 3. The Labute approximate surface area is 142 Å². The maximum atomic E-state index is 13.0. The second-order valence-corrected chi connectivity index (χ2v) is 6.36. The van der Waals surface area contributed by atoms with Crippen molar-refractivity contribution in [2.75, 3.05) is 26.2 Å². The molecule has 1 heterocycles. The lowest BCUT2D eigenvalue weighted by molar-refractivity contribution is -0.143. The largest absolute Gasteiger partial charge is 0.367 e. The van der Waals surface area contributed by atoms with Crippen molar-refractivity contribution in [2.24, 2.45) is 5.92 Å². The smallest absolute Gasteiger partial charge is 0.236 e. The third kappa shape index (κ3) is 5.16. The topological polar surface area (TPSA) is 41.6 Å². The molecule has 1 amide bonds. The molecule has 23 heavy (non-hydrogen) atoms. The minimum Gasteiger partial charge on any atom is -0.367 e. The summed E-state index contributed by atoms with van der Waals surface area (Å²) in [6.45, 7) is 4.43. The first-order chi connectivity index (χ1) is 10.6. The predicted octanol–water partition coefficient (Wildman–Crippen LogP) is 2.54. The maximum Gasteiger partial charge on any atom is 0.236 e. The molecule has 1 aliphatic carbocycles. The van der Waals surface area contributed by atoms with Crippen LogP contribution in [0.2, 0.25) is 0 Å². The molecule has 3 rings (SSSR count). The van der Waals surface area contributed by atoms with Crippen LogP contribution in [0.1, 0.15) is 31.4 Å². The lowest BCUT2D eigenvalue weighted by Gasteiger charge is -2.37. The van der Waals surface area contributed by atoms with E-state index in [9.17, 15) is 9.18 Å². The van der Waals surface area contributed by atoms with E-state index in [1.165, 1.54) is 25.0 Å². The van der Waals surface area contributed by atoms with Crippen molar-refractivity contribution in [1.29, 1.82) is 0 Å². The van der Waals surface area contributed by atoms with E-state index in [1.54, 1.807) is 12.1 Å². The highest BCUT2D eigenvalue weighted by Gasteiger charge is 2.29. The van der Waals surface area contributed by atoms with Crippen molar-refractivity contribution >= 4 is 18.3 Å². The molecule has 2 unspecified atom stereocenters. The molecule has 2 atom stereocenters. The number of carbonyl (C=O) groups is 1. The molecule has 6 heteroatoms. The van der Waals surface area contributed by atoms with Crippen LogP contribution >= 0.6 is 12.4 Å². The summed E-state index contributed by atoms with van der Waals surface area (Å²) in [7, 11) is 0. The SMILES string of the molecule is CC1CN(C(=O)CNCC2CC2)CC(c2ccc(F)cc2)O1.Cl. The molecule has 4 nitrogen and oxygen atoms in total. The van der Waals surface area contributed by atoms with Gasteiger partial charge in [-0.25, -0.2) is 4.39 Å².